The lowest BCUT2D eigenvalue weighted by Gasteiger charge is -2.13. The Labute approximate surface area is 42.8 Å². The zero-order chi connectivity index (χ0) is 5.91. The van der Waals surface area contributed by atoms with Gasteiger partial charge in [-0.3, -0.25) is 0 Å². The highest BCUT2D eigenvalue weighted by molar-refractivity contribution is 4.74. The molecular weight excluding hydrogens is 94.0 g/mol. The van der Waals surface area contributed by atoms with Gasteiger partial charge in [0.25, 0.3) is 0 Å². The quantitative estimate of drug-likeness (QED) is 0.506. The number of hydrogen-bond donors (Lipinski definition) is 1. The summed E-state index contributed by atoms with van der Waals surface area (Å²) in [6.07, 6.45) is 0. The van der Waals surface area contributed by atoms with Gasteiger partial charge in [0.05, 0.1) is 5.54 Å². The average molecular weight is 103 g/mol. The van der Waals surface area contributed by atoms with Crippen LogP contribution in [0, 0.1) is 0 Å². The molecule has 2 N–H and O–H groups in total. The standard InChI is InChI=1S/C4H9NO2/c1-4(5,2-6)3-7/h2-3,5H2,1H3. The van der Waals surface area contributed by atoms with Crippen molar-refractivity contribution in [1.82, 2.24) is 0 Å². The monoisotopic (exact) mass is 103 g/mol. The third-order valence-electron chi connectivity index (χ3n) is 0.659. The molecule has 42 valence electrons. The summed E-state index contributed by atoms with van der Waals surface area (Å²) >= 11 is 0. The van der Waals surface area contributed by atoms with Gasteiger partial charge in [0.15, 0.2) is 0 Å². The molecule has 0 aliphatic rings. The molecule has 0 aliphatic heterocycles. The lowest BCUT2D eigenvalue weighted by atomic mass is 10.1. The van der Waals surface area contributed by atoms with E-state index in [4.69, 9.17) is 5.73 Å². The maximum atomic E-state index is 9.86. The van der Waals surface area contributed by atoms with Crippen LogP contribution in [0.1, 0.15) is 6.92 Å². The van der Waals surface area contributed by atoms with Crippen LogP contribution in [0.4, 0.5) is 0 Å². The molecule has 0 amide bonds. The van der Waals surface area contributed by atoms with E-state index in [-0.39, 0.29) is 0 Å². The molecule has 0 rings (SSSR count). The molecule has 7 heavy (non-hydrogen) atoms. The van der Waals surface area contributed by atoms with Crippen LogP contribution in [-0.4, -0.2) is 18.8 Å². The molecule has 0 aromatic carbocycles. The van der Waals surface area contributed by atoms with E-state index in [2.05, 4.69) is 0 Å². The molecule has 0 aliphatic carbocycles. The van der Waals surface area contributed by atoms with Crippen LogP contribution < -0.4 is 5.73 Å². The zero-order valence-corrected chi connectivity index (χ0v) is 4.31. The molecule has 0 aromatic rings. The van der Waals surface area contributed by atoms with Gasteiger partial charge in [-0.25, -0.2) is 10.2 Å². The van der Waals surface area contributed by atoms with Crippen LogP contribution in [0.25, 0.3) is 0 Å². The summed E-state index contributed by atoms with van der Waals surface area (Å²) in [6, 6.07) is 0. The second-order valence-corrected chi connectivity index (χ2v) is 1.94. The Bertz CT molecular complexity index is 47.7. The Kier molecular flexibility index (Phi) is 2.22. The Morgan fingerprint density at radius 3 is 1.71 bits per heavy atom. The van der Waals surface area contributed by atoms with E-state index < -0.39 is 18.8 Å². The van der Waals surface area contributed by atoms with E-state index in [9.17, 15) is 10.2 Å². The van der Waals surface area contributed by atoms with E-state index in [1.807, 2.05) is 0 Å². The Morgan fingerprint density at radius 1 is 1.43 bits per heavy atom. The molecule has 0 atom stereocenters. The van der Waals surface area contributed by atoms with Gasteiger partial charge in [0.1, 0.15) is 13.2 Å². The van der Waals surface area contributed by atoms with Crippen molar-refractivity contribution < 1.29 is 10.2 Å². The predicted molar refractivity (Wildman–Crippen MR) is 23.7 cm³/mol. The maximum Gasteiger partial charge on any atom is 0.102 e. The number of rotatable bonds is 2. The smallest absolute Gasteiger partial charge is 0.102 e. The lowest BCUT2D eigenvalue weighted by molar-refractivity contribution is 0.0585. The predicted octanol–water partition coefficient (Wildman–Crippen LogP) is -0.435. The fourth-order valence-corrected chi connectivity index (χ4v) is 0.0417. The van der Waals surface area contributed by atoms with Gasteiger partial charge in [0.2, 0.25) is 0 Å². The summed E-state index contributed by atoms with van der Waals surface area (Å²) in [7, 11) is 0. The molecule has 0 unspecified atom stereocenters. The summed E-state index contributed by atoms with van der Waals surface area (Å²) < 4.78 is 0. The van der Waals surface area contributed by atoms with Crippen molar-refractivity contribution in [2.45, 2.75) is 12.5 Å². The SMILES string of the molecule is CC(N)(C[O])C[O]. The maximum absolute atomic E-state index is 9.86. The Hall–Kier alpha value is -0.120. The largest absolute Gasteiger partial charge is 0.321 e. The second-order valence-electron chi connectivity index (χ2n) is 1.94. The number of nitrogens with two attached hydrogens (primary N) is 1. The van der Waals surface area contributed by atoms with Gasteiger partial charge in [0, 0.05) is 0 Å². The van der Waals surface area contributed by atoms with Crippen LogP contribution in [0.5, 0.6) is 0 Å². The van der Waals surface area contributed by atoms with Crippen molar-refractivity contribution in [1.29, 1.82) is 0 Å². The fraction of sp³-hybridized carbons (Fsp3) is 1.00. The van der Waals surface area contributed by atoms with E-state index in [0.717, 1.165) is 0 Å². The van der Waals surface area contributed by atoms with Gasteiger partial charge in [-0.15, -0.1) is 0 Å². The first-order valence-electron chi connectivity index (χ1n) is 2.07. The molecule has 0 heterocycles. The van der Waals surface area contributed by atoms with Crippen molar-refractivity contribution in [2.75, 3.05) is 13.2 Å². The van der Waals surface area contributed by atoms with Crippen molar-refractivity contribution >= 4 is 0 Å². The highest BCUT2D eigenvalue weighted by Crippen LogP contribution is 1.92. The van der Waals surface area contributed by atoms with Crippen LogP contribution in [0.15, 0.2) is 0 Å². The third-order valence-corrected chi connectivity index (χ3v) is 0.659. The molecular formula is C4H9NO2. The molecule has 0 fully saturated rings. The normalized spacial score (nSPS) is 12.0. The van der Waals surface area contributed by atoms with E-state index in [0.29, 0.717) is 0 Å². The third kappa shape index (κ3) is 2.56. The molecule has 0 bridgehead atoms. The molecule has 0 saturated heterocycles. The summed E-state index contributed by atoms with van der Waals surface area (Å²) in [5, 5.41) is 19.7. The second kappa shape index (κ2) is 2.26. The van der Waals surface area contributed by atoms with Crippen LogP contribution in [0.2, 0.25) is 0 Å². The molecule has 0 spiro atoms. The number of hydrogen-bond acceptors (Lipinski definition) is 1. The first kappa shape index (κ1) is 6.88. The molecule has 0 saturated carbocycles. The van der Waals surface area contributed by atoms with Crippen molar-refractivity contribution in [3.8, 4) is 0 Å². The molecule has 0 aromatic heterocycles. The summed E-state index contributed by atoms with van der Waals surface area (Å²) in [5.41, 5.74) is 4.06. The van der Waals surface area contributed by atoms with E-state index >= 15 is 0 Å². The van der Waals surface area contributed by atoms with Crippen LogP contribution in [0.3, 0.4) is 0 Å². The van der Waals surface area contributed by atoms with Gasteiger partial charge in [-0.05, 0) is 6.92 Å². The van der Waals surface area contributed by atoms with Crippen molar-refractivity contribution in [3.05, 3.63) is 0 Å². The average Bonchev–Trinajstić information content (AvgIpc) is 1.68. The Balaban J connectivity index is 3.36. The van der Waals surface area contributed by atoms with Gasteiger partial charge < -0.3 is 5.73 Å². The molecule has 3 nitrogen and oxygen atoms in total. The Morgan fingerprint density at radius 2 is 1.71 bits per heavy atom. The van der Waals surface area contributed by atoms with E-state index in [1.54, 1.807) is 0 Å². The fourth-order valence-electron chi connectivity index (χ4n) is 0.0417. The summed E-state index contributed by atoms with van der Waals surface area (Å²) in [6.45, 7) is 0.472. The van der Waals surface area contributed by atoms with Crippen LogP contribution >= 0.6 is 0 Å². The minimum Gasteiger partial charge on any atom is -0.321 e. The minimum atomic E-state index is -1.03. The molecule has 3 heteroatoms. The minimum absolute atomic E-state index is 0.490. The van der Waals surface area contributed by atoms with E-state index in [1.165, 1.54) is 6.92 Å². The molecule has 2 radical (unpaired) electrons. The van der Waals surface area contributed by atoms with Gasteiger partial charge >= 0.3 is 0 Å². The summed E-state index contributed by atoms with van der Waals surface area (Å²) in [4.78, 5) is 0. The topological polar surface area (TPSA) is 65.8 Å². The first-order chi connectivity index (χ1) is 3.12. The van der Waals surface area contributed by atoms with Crippen LogP contribution in [-0.2, 0) is 10.2 Å². The van der Waals surface area contributed by atoms with Gasteiger partial charge in [-0.1, -0.05) is 0 Å². The lowest BCUT2D eigenvalue weighted by Crippen LogP contribution is -2.42. The van der Waals surface area contributed by atoms with Gasteiger partial charge in [-0.2, -0.15) is 0 Å². The zero-order valence-electron chi connectivity index (χ0n) is 4.31. The first-order valence-corrected chi connectivity index (χ1v) is 2.07. The van der Waals surface area contributed by atoms with Crippen molar-refractivity contribution in [2.24, 2.45) is 5.73 Å². The highest BCUT2D eigenvalue weighted by Gasteiger charge is 2.15. The summed E-state index contributed by atoms with van der Waals surface area (Å²) in [5.74, 6) is 0. The highest BCUT2D eigenvalue weighted by atomic mass is 16.3. The van der Waals surface area contributed by atoms with Crippen molar-refractivity contribution in [3.63, 3.8) is 0 Å².